The molecular weight excluding hydrogens is 288 g/mol. The third kappa shape index (κ3) is 2.71. The van der Waals surface area contributed by atoms with Gasteiger partial charge in [-0.25, -0.2) is 0 Å². The zero-order chi connectivity index (χ0) is 9.97. The van der Waals surface area contributed by atoms with E-state index in [0.29, 0.717) is 0 Å². The molecule has 76 valence electrons. The Morgan fingerprint density at radius 2 is 1.29 bits per heavy atom. The lowest BCUT2D eigenvalue weighted by atomic mass is 11.2. The van der Waals surface area contributed by atoms with Crippen LogP contribution in [0.25, 0.3) is 0 Å². The molecule has 0 radical (unpaired) electrons. The Hall–Kier alpha value is 1.32. The minimum absolute atomic E-state index is 1.41. The Bertz CT molecular complexity index is 295. The first-order valence-corrected chi connectivity index (χ1v) is 9.59. The second-order valence-corrected chi connectivity index (χ2v) is 8.89. The van der Waals surface area contributed by atoms with Crippen molar-refractivity contribution in [3.63, 3.8) is 0 Å². The van der Waals surface area contributed by atoms with Gasteiger partial charge in [0.2, 0.25) is 0 Å². The molecule has 0 bridgehead atoms. The van der Waals surface area contributed by atoms with E-state index in [4.69, 9.17) is 0 Å². The van der Waals surface area contributed by atoms with Crippen molar-refractivity contribution < 1.29 is 0 Å². The minimum atomic E-state index is 1.41. The topological polar surface area (TPSA) is 0 Å². The minimum Gasteiger partial charge on any atom is -0.122 e. The van der Waals surface area contributed by atoms with Gasteiger partial charge < -0.3 is 0 Å². The van der Waals surface area contributed by atoms with Crippen molar-refractivity contribution in [1.82, 2.24) is 0 Å². The highest BCUT2D eigenvalue weighted by atomic mass is 32.2. The first-order valence-electron chi connectivity index (χ1n) is 3.75. The maximum absolute atomic E-state index is 2.25. The van der Waals surface area contributed by atoms with Crippen molar-refractivity contribution in [3.05, 3.63) is 27.8 Å². The molecule has 2 aliphatic heterocycles. The fraction of sp³-hybridized carbons (Fsp3) is 0.250. The van der Waals surface area contributed by atoms with E-state index in [9.17, 15) is 0 Å². The molecule has 14 heavy (non-hydrogen) atoms. The van der Waals surface area contributed by atoms with E-state index in [1.165, 1.54) is 16.9 Å². The predicted octanol–water partition coefficient (Wildman–Crippen LogP) is 5.40. The second-order valence-electron chi connectivity index (χ2n) is 2.30. The maximum Gasteiger partial charge on any atom is 0.0706 e. The molecule has 2 aliphatic rings. The van der Waals surface area contributed by atoms with Crippen molar-refractivity contribution in [2.45, 2.75) is 0 Å². The molecule has 0 saturated carbocycles. The van der Waals surface area contributed by atoms with Crippen LogP contribution in [-0.2, 0) is 0 Å². The van der Waals surface area contributed by atoms with Crippen LogP contribution in [0.5, 0.6) is 0 Å². The Kier molecular flexibility index (Phi) is 4.71. The second kappa shape index (κ2) is 5.59. The quantitative estimate of drug-likeness (QED) is 0.664. The van der Waals surface area contributed by atoms with Gasteiger partial charge in [-0.2, -0.15) is 0 Å². The third-order valence-electron chi connectivity index (χ3n) is 1.48. The van der Waals surface area contributed by atoms with Gasteiger partial charge in [0.1, 0.15) is 0 Å². The fourth-order valence-electron chi connectivity index (χ4n) is 0.841. The Morgan fingerprint density at radius 3 is 1.57 bits per heavy atom. The average Bonchev–Trinajstić information content (AvgIpc) is 2.86. The SMILES string of the molecule is CSC1=CS/C(=C2/SC=C(SC)S2)S1. The van der Waals surface area contributed by atoms with Gasteiger partial charge >= 0.3 is 0 Å². The first-order chi connectivity index (χ1) is 6.83. The van der Waals surface area contributed by atoms with Crippen molar-refractivity contribution in [1.29, 1.82) is 0 Å². The molecule has 0 spiro atoms. The van der Waals surface area contributed by atoms with Crippen LogP contribution in [0.3, 0.4) is 0 Å². The van der Waals surface area contributed by atoms with Crippen LogP contribution in [0.4, 0.5) is 0 Å². The third-order valence-corrected chi connectivity index (χ3v) is 9.17. The van der Waals surface area contributed by atoms with Crippen molar-refractivity contribution in [3.8, 4) is 0 Å². The molecule has 2 rings (SSSR count). The van der Waals surface area contributed by atoms with Crippen LogP contribution in [0.15, 0.2) is 27.8 Å². The molecule has 0 fully saturated rings. The van der Waals surface area contributed by atoms with Crippen LogP contribution in [0, 0.1) is 0 Å². The van der Waals surface area contributed by atoms with Crippen molar-refractivity contribution in [2.24, 2.45) is 0 Å². The van der Waals surface area contributed by atoms with Gasteiger partial charge in [0.05, 0.1) is 16.9 Å². The van der Waals surface area contributed by atoms with Gasteiger partial charge in [-0.1, -0.05) is 47.0 Å². The summed E-state index contributed by atoms with van der Waals surface area (Å²) < 4.78 is 5.72. The summed E-state index contributed by atoms with van der Waals surface area (Å²) >= 11 is 11.2. The average molecular weight is 297 g/mol. The Labute approximate surface area is 110 Å². The number of hydrogen-bond acceptors (Lipinski definition) is 6. The van der Waals surface area contributed by atoms with Crippen LogP contribution >= 0.6 is 70.6 Å². The molecule has 0 aliphatic carbocycles. The summed E-state index contributed by atoms with van der Waals surface area (Å²) in [6.45, 7) is 0. The highest BCUT2D eigenvalue weighted by Gasteiger charge is 2.20. The molecule has 0 amide bonds. The molecule has 6 heteroatoms. The maximum atomic E-state index is 2.25. The van der Waals surface area contributed by atoms with Gasteiger partial charge in [-0.05, 0) is 23.3 Å². The molecule has 0 nitrogen and oxygen atoms in total. The van der Waals surface area contributed by atoms with E-state index in [2.05, 4.69) is 23.3 Å². The van der Waals surface area contributed by atoms with Gasteiger partial charge in [0, 0.05) is 0 Å². The summed E-state index contributed by atoms with van der Waals surface area (Å²) in [6, 6.07) is 0. The lowest BCUT2D eigenvalue weighted by molar-refractivity contribution is 2.36. The summed E-state index contributed by atoms with van der Waals surface area (Å²) in [5.74, 6) is 0. The molecule has 0 atom stereocenters. The molecule has 0 aromatic carbocycles. The van der Waals surface area contributed by atoms with Gasteiger partial charge in [-0.3, -0.25) is 0 Å². The van der Waals surface area contributed by atoms with E-state index in [-0.39, 0.29) is 0 Å². The van der Waals surface area contributed by atoms with Gasteiger partial charge in [-0.15, -0.1) is 23.5 Å². The Balaban J connectivity index is 2.01. The van der Waals surface area contributed by atoms with E-state index in [1.54, 1.807) is 0 Å². The molecule has 0 saturated heterocycles. The van der Waals surface area contributed by atoms with E-state index < -0.39 is 0 Å². The van der Waals surface area contributed by atoms with Crippen LogP contribution in [0.1, 0.15) is 0 Å². The van der Waals surface area contributed by atoms with Crippen molar-refractivity contribution >= 4 is 70.6 Å². The highest BCUT2D eigenvalue weighted by Crippen LogP contribution is 2.58. The molecule has 0 unspecified atom stereocenters. The standard InChI is InChI=1S/C8H8S6/c1-9-5-3-11-7(13-5)8-12-4-6(10-2)14-8/h3-4H,1-2H3/b8-7+. The predicted molar refractivity (Wildman–Crippen MR) is 80.6 cm³/mol. The monoisotopic (exact) mass is 296 g/mol. The summed E-state index contributed by atoms with van der Waals surface area (Å²) in [7, 11) is 0. The molecule has 2 heterocycles. The smallest absolute Gasteiger partial charge is 0.0706 e. The molecule has 0 aromatic heterocycles. The van der Waals surface area contributed by atoms with Crippen LogP contribution in [0.2, 0.25) is 0 Å². The van der Waals surface area contributed by atoms with E-state index in [0.717, 1.165) is 0 Å². The first kappa shape index (κ1) is 11.8. The van der Waals surface area contributed by atoms with E-state index in [1.807, 2.05) is 70.6 Å². The van der Waals surface area contributed by atoms with Crippen molar-refractivity contribution in [2.75, 3.05) is 12.5 Å². The summed E-state index contributed by atoms with van der Waals surface area (Å²) in [5.41, 5.74) is 0. The number of rotatable bonds is 2. The molecule has 0 aromatic rings. The Morgan fingerprint density at radius 1 is 0.857 bits per heavy atom. The van der Waals surface area contributed by atoms with Crippen LogP contribution < -0.4 is 0 Å². The zero-order valence-electron chi connectivity index (χ0n) is 7.60. The number of hydrogen-bond donors (Lipinski definition) is 0. The van der Waals surface area contributed by atoms with E-state index >= 15 is 0 Å². The summed E-state index contributed by atoms with van der Waals surface area (Å²) in [5, 5.41) is 4.49. The highest BCUT2D eigenvalue weighted by molar-refractivity contribution is 8.39. The van der Waals surface area contributed by atoms with Gasteiger partial charge in [0.15, 0.2) is 0 Å². The number of thioether (sulfide) groups is 6. The van der Waals surface area contributed by atoms with Crippen LogP contribution in [-0.4, -0.2) is 12.5 Å². The van der Waals surface area contributed by atoms with Gasteiger partial charge in [0.25, 0.3) is 0 Å². The lowest BCUT2D eigenvalue weighted by Gasteiger charge is -2.01. The molecular formula is C8H8S6. The molecule has 0 N–H and O–H groups in total. The normalized spacial score (nSPS) is 26.7. The zero-order valence-corrected chi connectivity index (χ0v) is 12.5. The fourth-order valence-corrected chi connectivity index (χ4v) is 7.48. The lowest BCUT2D eigenvalue weighted by Crippen LogP contribution is -1.66. The largest absolute Gasteiger partial charge is 0.122 e. The summed E-state index contributed by atoms with van der Waals surface area (Å²) in [6.07, 6.45) is 4.26. The summed E-state index contributed by atoms with van der Waals surface area (Å²) in [4.78, 5) is 0.